The minimum Gasteiger partial charge on any atom is -0.392 e. The van der Waals surface area contributed by atoms with E-state index < -0.39 is 6.10 Å². The number of nitrogens with one attached hydrogen (secondary N) is 1. The number of amides is 1. The van der Waals surface area contributed by atoms with Crippen LogP contribution in [0.5, 0.6) is 0 Å². The van der Waals surface area contributed by atoms with Crippen molar-refractivity contribution in [2.45, 2.75) is 71.3 Å². The Bertz CT molecular complexity index is 537. The van der Waals surface area contributed by atoms with Crippen LogP contribution in [0, 0.1) is 0 Å². The van der Waals surface area contributed by atoms with E-state index in [1.807, 2.05) is 6.08 Å². The molecule has 0 aliphatic carbocycles. The van der Waals surface area contributed by atoms with E-state index in [4.69, 9.17) is 5.11 Å². The Kier molecular flexibility index (Phi) is 19.6. The highest BCUT2D eigenvalue weighted by atomic mass is 16.3. The van der Waals surface area contributed by atoms with E-state index in [-0.39, 0.29) is 5.91 Å². The minimum absolute atomic E-state index is 0.0135. The molecule has 2 N–H and O–H groups in total. The van der Waals surface area contributed by atoms with Crippen molar-refractivity contribution in [3.63, 3.8) is 0 Å². The second-order valence-corrected chi connectivity index (χ2v) is 6.61. The van der Waals surface area contributed by atoms with Gasteiger partial charge in [-0.05, 0) is 51.9 Å². The van der Waals surface area contributed by atoms with Gasteiger partial charge in [-0.1, -0.05) is 79.8 Å². The lowest BCUT2D eigenvalue weighted by Crippen LogP contribution is -2.30. The SMILES string of the molecule is CC/C=C\C/C=C\C/C=C\C/C=C/C/C=C\C/C=C\CCC(=O)NC[C@@H](C)O. The molecule has 0 saturated carbocycles. The number of carbonyl (C=O) groups is 1. The zero-order chi connectivity index (χ0) is 20.7. The Hall–Kier alpha value is -2.13. The van der Waals surface area contributed by atoms with Gasteiger partial charge in [0.05, 0.1) is 6.10 Å². The normalized spacial score (nSPS) is 14.0. The van der Waals surface area contributed by atoms with E-state index in [0.29, 0.717) is 13.0 Å². The lowest BCUT2D eigenvalue weighted by Gasteiger charge is -2.05. The number of allylic oxidation sites excluding steroid dienone is 12. The van der Waals surface area contributed by atoms with E-state index in [0.717, 1.165) is 44.9 Å². The smallest absolute Gasteiger partial charge is 0.220 e. The zero-order valence-corrected chi connectivity index (χ0v) is 17.7. The largest absolute Gasteiger partial charge is 0.392 e. The summed E-state index contributed by atoms with van der Waals surface area (Å²) < 4.78 is 0. The van der Waals surface area contributed by atoms with Crippen molar-refractivity contribution >= 4 is 5.91 Å². The highest BCUT2D eigenvalue weighted by molar-refractivity contribution is 5.75. The summed E-state index contributed by atoms with van der Waals surface area (Å²) in [4.78, 5) is 11.4. The van der Waals surface area contributed by atoms with E-state index in [1.54, 1.807) is 6.92 Å². The topological polar surface area (TPSA) is 49.3 Å². The second kappa shape index (κ2) is 21.2. The fraction of sp³-hybridized carbons (Fsp3) is 0.480. The summed E-state index contributed by atoms with van der Waals surface area (Å²) in [5, 5.41) is 11.8. The third-order valence-electron chi connectivity index (χ3n) is 3.73. The lowest BCUT2D eigenvalue weighted by atomic mass is 10.2. The number of hydrogen-bond acceptors (Lipinski definition) is 2. The van der Waals surface area contributed by atoms with Gasteiger partial charge >= 0.3 is 0 Å². The molecule has 0 aromatic heterocycles. The molecule has 1 atom stereocenters. The van der Waals surface area contributed by atoms with Crippen LogP contribution in [0.25, 0.3) is 0 Å². The van der Waals surface area contributed by atoms with E-state index >= 15 is 0 Å². The Morgan fingerprint density at radius 2 is 1.14 bits per heavy atom. The van der Waals surface area contributed by atoms with Crippen LogP contribution in [0.15, 0.2) is 72.9 Å². The van der Waals surface area contributed by atoms with Gasteiger partial charge in [0.15, 0.2) is 0 Å². The van der Waals surface area contributed by atoms with Crippen molar-refractivity contribution in [2.75, 3.05) is 6.54 Å². The number of rotatable bonds is 16. The van der Waals surface area contributed by atoms with Crippen molar-refractivity contribution in [1.82, 2.24) is 5.32 Å². The first-order chi connectivity index (χ1) is 13.7. The third-order valence-corrected chi connectivity index (χ3v) is 3.73. The van der Waals surface area contributed by atoms with Crippen LogP contribution < -0.4 is 5.32 Å². The maximum atomic E-state index is 11.4. The fourth-order valence-electron chi connectivity index (χ4n) is 2.20. The van der Waals surface area contributed by atoms with Crippen molar-refractivity contribution < 1.29 is 9.90 Å². The molecule has 1 amide bonds. The second-order valence-electron chi connectivity index (χ2n) is 6.61. The number of aliphatic hydroxyl groups excluding tert-OH is 1. The standard InChI is InChI=1S/C25H39NO2/c1-3-4-5-6-7-8-9-10-11-12-13-14-15-16-17-18-19-20-21-22-25(28)26-23-24(2)27/h4-5,7-8,10-11,13-14,16-17,19-20,24,27H,3,6,9,12,15,18,21-23H2,1-2H3,(H,26,28)/b5-4-,8-7-,11-10-,14-13+,17-16-,20-19-/t24-/m1/s1. The molecule has 0 rings (SSSR count). The Morgan fingerprint density at radius 3 is 1.54 bits per heavy atom. The average Bonchev–Trinajstić information content (AvgIpc) is 2.68. The van der Waals surface area contributed by atoms with Crippen LogP contribution in [0.2, 0.25) is 0 Å². The molecule has 3 heteroatoms. The lowest BCUT2D eigenvalue weighted by molar-refractivity contribution is -0.121. The van der Waals surface area contributed by atoms with Crippen LogP contribution in [-0.2, 0) is 4.79 Å². The Morgan fingerprint density at radius 1 is 0.750 bits per heavy atom. The van der Waals surface area contributed by atoms with Crippen molar-refractivity contribution in [2.24, 2.45) is 0 Å². The van der Waals surface area contributed by atoms with Gasteiger partial charge in [-0.2, -0.15) is 0 Å². The van der Waals surface area contributed by atoms with Gasteiger partial charge < -0.3 is 10.4 Å². The molecule has 0 radical (unpaired) electrons. The summed E-state index contributed by atoms with van der Waals surface area (Å²) in [5.41, 5.74) is 0. The number of carbonyl (C=O) groups excluding carboxylic acids is 1. The van der Waals surface area contributed by atoms with Gasteiger partial charge in [-0.3, -0.25) is 4.79 Å². The molecule has 0 heterocycles. The van der Waals surface area contributed by atoms with Crippen molar-refractivity contribution in [3.05, 3.63) is 72.9 Å². The molecular formula is C25H39NO2. The van der Waals surface area contributed by atoms with Gasteiger partial charge in [-0.25, -0.2) is 0 Å². The zero-order valence-electron chi connectivity index (χ0n) is 17.7. The van der Waals surface area contributed by atoms with Crippen LogP contribution in [0.1, 0.15) is 65.2 Å². The number of aliphatic hydroxyl groups is 1. The Balaban J connectivity index is 3.57. The summed E-state index contributed by atoms with van der Waals surface area (Å²) in [7, 11) is 0. The van der Waals surface area contributed by atoms with E-state index in [1.165, 1.54) is 0 Å². The molecule has 0 unspecified atom stereocenters. The van der Waals surface area contributed by atoms with Gasteiger partial charge in [0.25, 0.3) is 0 Å². The van der Waals surface area contributed by atoms with Crippen molar-refractivity contribution in [3.8, 4) is 0 Å². The van der Waals surface area contributed by atoms with Crippen molar-refractivity contribution in [1.29, 1.82) is 0 Å². The predicted octanol–water partition coefficient (Wildman–Crippen LogP) is 5.96. The maximum absolute atomic E-state index is 11.4. The Labute approximate surface area is 172 Å². The molecule has 0 aromatic carbocycles. The summed E-state index contributed by atoms with van der Waals surface area (Å²) >= 11 is 0. The first-order valence-electron chi connectivity index (χ1n) is 10.5. The van der Waals surface area contributed by atoms with Crippen LogP contribution in [-0.4, -0.2) is 23.7 Å². The molecule has 0 spiro atoms. The van der Waals surface area contributed by atoms with Crippen LogP contribution >= 0.6 is 0 Å². The summed E-state index contributed by atoms with van der Waals surface area (Å²) in [5.74, 6) is -0.0135. The van der Waals surface area contributed by atoms with E-state index in [2.05, 4.69) is 79.1 Å². The first kappa shape index (κ1) is 25.9. The first-order valence-corrected chi connectivity index (χ1v) is 10.5. The molecule has 28 heavy (non-hydrogen) atoms. The fourth-order valence-corrected chi connectivity index (χ4v) is 2.20. The molecule has 0 bridgehead atoms. The van der Waals surface area contributed by atoms with Crippen LogP contribution in [0.4, 0.5) is 0 Å². The van der Waals surface area contributed by atoms with Gasteiger partial charge in [0.1, 0.15) is 0 Å². The minimum atomic E-state index is -0.491. The van der Waals surface area contributed by atoms with Gasteiger partial charge in [-0.15, -0.1) is 0 Å². The monoisotopic (exact) mass is 385 g/mol. The maximum Gasteiger partial charge on any atom is 0.220 e. The molecule has 156 valence electrons. The third kappa shape index (κ3) is 21.9. The summed E-state index contributed by atoms with van der Waals surface area (Å²) in [6, 6.07) is 0. The molecule has 0 aromatic rings. The predicted molar refractivity (Wildman–Crippen MR) is 122 cm³/mol. The molecule has 0 aliphatic rings. The molecule has 0 saturated heterocycles. The van der Waals surface area contributed by atoms with Gasteiger partial charge in [0, 0.05) is 13.0 Å². The molecular weight excluding hydrogens is 346 g/mol. The van der Waals surface area contributed by atoms with Gasteiger partial charge in [0.2, 0.25) is 5.91 Å². The average molecular weight is 386 g/mol. The quantitative estimate of drug-likeness (QED) is 0.322. The molecule has 0 fully saturated rings. The molecule has 3 nitrogen and oxygen atoms in total. The summed E-state index contributed by atoms with van der Waals surface area (Å²) in [6.45, 7) is 4.13. The summed E-state index contributed by atoms with van der Waals surface area (Å²) in [6.07, 6.45) is 32.7. The highest BCUT2D eigenvalue weighted by Gasteiger charge is 2.00. The molecule has 0 aliphatic heterocycles. The highest BCUT2D eigenvalue weighted by Crippen LogP contribution is 1.97. The number of hydrogen-bond donors (Lipinski definition) is 2. The van der Waals surface area contributed by atoms with Crippen LogP contribution in [0.3, 0.4) is 0 Å². The van der Waals surface area contributed by atoms with E-state index in [9.17, 15) is 4.79 Å².